The molecule has 0 aliphatic carbocycles. The molecule has 0 aromatic heterocycles. The molecule has 1 fully saturated rings. The molecule has 1 aromatic carbocycles. The fourth-order valence-corrected chi connectivity index (χ4v) is 3.27. The van der Waals surface area contributed by atoms with Crippen LogP contribution in [0.1, 0.15) is 49.5 Å². The maximum absolute atomic E-state index is 12.5. The fraction of sp³-hybridized carbons (Fsp3) is 0.526. The summed E-state index contributed by atoms with van der Waals surface area (Å²) in [5.74, 6) is 0.285. The number of carbonyl (C=O) groups is 2. The molecule has 24 heavy (non-hydrogen) atoms. The van der Waals surface area contributed by atoms with Gasteiger partial charge < -0.3 is 9.80 Å². The highest BCUT2D eigenvalue weighted by Crippen LogP contribution is 2.28. The molecular formula is C19H25N3O2. The minimum absolute atomic E-state index is 0.00710. The third-order valence-corrected chi connectivity index (χ3v) is 4.78. The van der Waals surface area contributed by atoms with Crippen LogP contribution in [0.4, 0.5) is 5.69 Å². The van der Waals surface area contributed by atoms with E-state index < -0.39 is 0 Å². The summed E-state index contributed by atoms with van der Waals surface area (Å²) >= 11 is 0. The van der Waals surface area contributed by atoms with Crippen molar-refractivity contribution in [1.82, 2.24) is 4.90 Å². The average Bonchev–Trinajstić information content (AvgIpc) is 2.62. The van der Waals surface area contributed by atoms with E-state index in [4.69, 9.17) is 0 Å². The van der Waals surface area contributed by atoms with E-state index in [0.29, 0.717) is 11.1 Å². The lowest BCUT2D eigenvalue weighted by molar-refractivity contribution is -0.135. The summed E-state index contributed by atoms with van der Waals surface area (Å²) < 4.78 is 0. The van der Waals surface area contributed by atoms with Crippen molar-refractivity contribution in [2.75, 3.05) is 31.1 Å². The molecule has 1 amide bonds. The van der Waals surface area contributed by atoms with Crippen LogP contribution in [0.25, 0.3) is 0 Å². The average molecular weight is 327 g/mol. The third kappa shape index (κ3) is 3.76. The number of amides is 1. The molecule has 1 aromatic rings. The van der Waals surface area contributed by atoms with Crippen LogP contribution in [0.15, 0.2) is 18.2 Å². The first-order valence-corrected chi connectivity index (χ1v) is 8.60. The number of carbonyl (C=O) groups excluding carboxylic acids is 2. The Hall–Kier alpha value is -2.35. The number of piperidine rings is 1. The van der Waals surface area contributed by atoms with E-state index in [9.17, 15) is 14.9 Å². The van der Waals surface area contributed by atoms with E-state index in [2.05, 4.69) is 11.0 Å². The molecule has 2 rings (SSSR count). The van der Waals surface area contributed by atoms with Gasteiger partial charge in [-0.3, -0.25) is 9.59 Å². The van der Waals surface area contributed by atoms with Gasteiger partial charge in [-0.2, -0.15) is 5.26 Å². The van der Waals surface area contributed by atoms with Crippen LogP contribution in [0.3, 0.4) is 0 Å². The van der Waals surface area contributed by atoms with Gasteiger partial charge in [0.1, 0.15) is 6.07 Å². The monoisotopic (exact) mass is 327 g/mol. The summed E-state index contributed by atoms with van der Waals surface area (Å²) in [7, 11) is 0. The van der Waals surface area contributed by atoms with Gasteiger partial charge in [-0.1, -0.05) is 0 Å². The quantitative estimate of drug-likeness (QED) is 0.780. The standard InChI is InChI=1S/C19H25N3O2/c1-4-21(5-2)19(24)15-8-10-22(11-9-15)18-12-16(14(3)23)6-7-17(18)13-20/h6-7,12,15H,4-5,8-11H2,1-3H3. The van der Waals surface area contributed by atoms with Gasteiger partial charge in [0.15, 0.2) is 5.78 Å². The summed E-state index contributed by atoms with van der Waals surface area (Å²) in [5, 5.41) is 9.33. The maximum atomic E-state index is 12.5. The zero-order valence-electron chi connectivity index (χ0n) is 14.7. The molecule has 128 valence electrons. The number of ketones is 1. The number of nitrogens with zero attached hydrogens (tertiary/aromatic N) is 3. The number of benzene rings is 1. The van der Waals surface area contributed by atoms with E-state index >= 15 is 0 Å². The SMILES string of the molecule is CCN(CC)C(=O)C1CCN(c2cc(C(C)=O)ccc2C#N)CC1. The molecule has 0 bridgehead atoms. The molecule has 0 radical (unpaired) electrons. The Labute approximate surface area is 143 Å². The summed E-state index contributed by atoms with van der Waals surface area (Å²) in [4.78, 5) is 28.1. The molecule has 5 heteroatoms. The molecule has 0 atom stereocenters. The van der Waals surface area contributed by atoms with Gasteiger partial charge in [0, 0.05) is 37.7 Å². The Morgan fingerprint density at radius 1 is 1.25 bits per heavy atom. The predicted octanol–water partition coefficient (Wildman–Crippen LogP) is 2.85. The van der Waals surface area contributed by atoms with Crippen molar-refractivity contribution in [3.63, 3.8) is 0 Å². The topological polar surface area (TPSA) is 64.4 Å². The smallest absolute Gasteiger partial charge is 0.225 e. The Morgan fingerprint density at radius 3 is 2.38 bits per heavy atom. The van der Waals surface area contributed by atoms with Gasteiger partial charge in [0.2, 0.25) is 5.91 Å². The Kier molecular flexibility index (Phi) is 5.97. The van der Waals surface area contributed by atoms with Crippen molar-refractivity contribution >= 4 is 17.4 Å². The lowest BCUT2D eigenvalue weighted by Gasteiger charge is -2.35. The number of hydrogen-bond acceptors (Lipinski definition) is 4. The fourth-order valence-electron chi connectivity index (χ4n) is 3.27. The van der Waals surface area contributed by atoms with E-state index in [0.717, 1.165) is 44.7 Å². The zero-order chi connectivity index (χ0) is 17.7. The largest absolute Gasteiger partial charge is 0.370 e. The Bertz CT molecular complexity index is 651. The second-order valence-corrected chi connectivity index (χ2v) is 6.17. The first kappa shape index (κ1) is 18.0. The van der Waals surface area contributed by atoms with Crippen LogP contribution >= 0.6 is 0 Å². The van der Waals surface area contributed by atoms with Crippen molar-refractivity contribution in [2.45, 2.75) is 33.6 Å². The molecule has 0 saturated carbocycles. The summed E-state index contributed by atoms with van der Waals surface area (Å²) in [6.45, 7) is 8.48. The molecule has 1 aliphatic rings. The van der Waals surface area contributed by atoms with Crippen LogP contribution in [-0.4, -0.2) is 42.8 Å². The minimum atomic E-state index is -0.00710. The maximum Gasteiger partial charge on any atom is 0.225 e. The first-order valence-electron chi connectivity index (χ1n) is 8.60. The molecule has 5 nitrogen and oxygen atoms in total. The van der Waals surface area contributed by atoms with Gasteiger partial charge >= 0.3 is 0 Å². The highest BCUT2D eigenvalue weighted by atomic mass is 16.2. The van der Waals surface area contributed by atoms with Crippen molar-refractivity contribution in [3.05, 3.63) is 29.3 Å². The predicted molar refractivity (Wildman–Crippen MR) is 94.0 cm³/mol. The lowest BCUT2D eigenvalue weighted by Crippen LogP contribution is -2.42. The lowest BCUT2D eigenvalue weighted by atomic mass is 9.94. The Morgan fingerprint density at radius 2 is 1.88 bits per heavy atom. The minimum Gasteiger partial charge on any atom is -0.370 e. The molecule has 0 N–H and O–H groups in total. The molecule has 1 aliphatic heterocycles. The van der Waals surface area contributed by atoms with Gasteiger partial charge in [-0.25, -0.2) is 0 Å². The second-order valence-electron chi connectivity index (χ2n) is 6.17. The van der Waals surface area contributed by atoms with Crippen molar-refractivity contribution < 1.29 is 9.59 Å². The Balaban J connectivity index is 2.12. The summed E-state index contributed by atoms with van der Waals surface area (Å²) in [5.41, 5.74) is 2.00. The van der Waals surface area contributed by atoms with Gasteiger partial charge in [-0.15, -0.1) is 0 Å². The van der Waals surface area contributed by atoms with Crippen molar-refractivity contribution in [3.8, 4) is 6.07 Å². The molecular weight excluding hydrogens is 302 g/mol. The highest BCUT2D eigenvalue weighted by molar-refractivity contribution is 5.95. The van der Waals surface area contributed by atoms with Crippen LogP contribution in [-0.2, 0) is 4.79 Å². The normalized spacial score (nSPS) is 15.0. The van der Waals surface area contributed by atoms with Crippen LogP contribution in [0.5, 0.6) is 0 Å². The van der Waals surface area contributed by atoms with Crippen molar-refractivity contribution in [1.29, 1.82) is 5.26 Å². The third-order valence-electron chi connectivity index (χ3n) is 4.78. The van der Waals surface area contributed by atoms with E-state index in [1.54, 1.807) is 18.2 Å². The highest BCUT2D eigenvalue weighted by Gasteiger charge is 2.28. The number of rotatable bonds is 5. The molecule has 1 heterocycles. The summed E-state index contributed by atoms with van der Waals surface area (Å²) in [6.07, 6.45) is 1.56. The molecule has 0 unspecified atom stereocenters. The number of hydrogen-bond donors (Lipinski definition) is 0. The van der Waals surface area contributed by atoms with E-state index in [1.807, 2.05) is 18.7 Å². The van der Waals surface area contributed by atoms with Crippen molar-refractivity contribution in [2.24, 2.45) is 5.92 Å². The van der Waals surface area contributed by atoms with Crippen LogP contribution < -0.4 is 4.90 Å². The number of nitriles is 1. The molecule has 0 spiro atoms. The van der Waals surface area contributed by atoms with Crippen LogP contribution in [0.2, 0.25) is 0 Å². The van der Waals surface area contributed by atoms with Gasteiger partial charge in [-0.05, 0) is 51.8 Å². The van der Waals surface area contributed by atoms with E-state index in [1.165, 1.54) is 6.92 Å². The van der Waals surface area contributed by atoms with Crippen LogP contribution in [0, 0.1) is 17.2 Å². The van der Waals surface area contributed by atoms with Gasteiger partial charge in [0.25, 0.3) is 0 Å². The second kappa shape index (κ2) is 7.96. The zero-order valence-corrected chi connectivity index (χ0v) is 14.7. The van der Waals surface area contributed by atoms with Gasteiger partial charge in [0.05, 0.1) is 11.3 Å². The molecule has 1 saturated heterocycles. The first-order chi connectivity index (χ1) is 11.5. The number of anilines is 1. The number of Topliss-reactive ketones (excluding diaryl/α,β-unsaturated/α-hetero) is 1. The summed E-state index contributed by atoms with van der Waals surface area (Å²) in [6, 6.07) is 7.40. The van der Waals surface area contributed by atoms with E-state index in [-0.39, 0.29) is 17.6 Å².